The predicted molar refractivity (Wildman–Crippen MR) is 76.8 cm³/mol. The quantitative estimate of drug-likeness (QED) is 0.786. The first-order valence-corrected chi connectivity index (χ1v) is 7.37. The summed E-state index contributed by atoms with van der Waals surface area (Å²) in [6.07, 6.45) is 2.20. The van der Waals surface area contributed by atoms with Crippen LogP contribution in [-0.2, 0) is 0 Å². The van der Waals surface area contributed by atoms with E-state index >= 15 is 0 Å². The Bertz CT molecular complexity index is 396. The molecule has 0 spiro atoms. The highest BCUT2D eigenvalue weighted by Gasteiger charge is 2.22. The summed E-state index contributed by atoms with van der Waals surface area (Å²) in [7, 11) is 0. The molecule has 0 saturated heterocycles. The number of nitrogens with zero attached hydrogens (tertiary/aromatic N) is 1. The van der Waals surface area contributed by atoms with E-state index in [1.807, 2.05) is 24.8 Å². The van der Waals surface area contributed by atoms with Gasteiger partial charge in [-0.2, -0.15) is 0 Å². The van der Waals surface area contributed by atoms with E-state index in [1.165, 1.54) is 0 Å². The molecule has 1 aromatic rings. The topological polar surface area (TPSA) is 33.5 Å². The van der Waals surface area contributed by atoms with Crippen LogP contribution in [0.4, 0.5) is 0 Å². The second-order valence-corrected chi connectivity index (χ2v) is 5.37. The Balaban J connectivity index is 2.82. The van der Waals surface area contributed by atoms with Crippen LogP contribution < -0.4 is 0 Å². The highest BCUT2D eigenvalue weighted by atomic mass is 79.9. The predicted octanol–water partition coefficient (Wildman–Crippen LogP) is 4.25. The van der Waals surface area contributed by atoms with Crippen molar-refractivity contribution in [1.82, 2.24) is 4.90 Å². The van der Waals surface area contributed by atoms with Crippen molar-refractivity contribution < 1.29 is 9.21 Å². The van der Waals surface area contributed by atoms with E-state index in [4.69, 9.17) is 4.42 Å². The highest BCUT2D eigenvalue weighted by molar-refractivity contribution is 9.10. The summed E-state index contributed by atoms with van der Waals surface area (Å²) < 4.78 is 6.05. The summed E-state index contributed by atoms with van der Waals surface area (Å²) in [5.41, 5.74) is 0.884. The van der Waals surface area contributed by atoms with Crippen LogP contribution >= 0.6 is 15.9 Å². The maximum Gasteiger partial charge on any atom is 0.289 e. The Labute approximate surface area is 118 Å². The van der Waals surface area contributed by atoms with Gasteiger partial charge in [0.05, 0.1) is 0 Å². The van der Waals surface area contributed by atoms with Gasteiger partial charge >= 0.3 is 0 Å². The van der Waals surface area contributed by atoms with E-state index in [2.05, 4.69) is 29.8 Å². The number of carbonyl (C=O) groups excluding carboxylic acids is 1. The Hall–Kier alpha value is -0.770. The maximum absolute atomic E-state index is 12.4. The molecule has 1 aromatic heterocycles. The largest absolute Gasteiger partial charge is 0.444 e. The van der Waals surface area contributed by atoms with Gasteiger partial charge in [-0.3, -0.25) is 4.79 Å². The minimum atomic E-state index is -0.00685. The molecule has 3 nitrogen and oxygen atoms in total. The number of halogens is 1. The number of hydrogen-bond donors (Lipinski definition) is 0. The number of hydrogen-bond acceptors (Lipinski definition) is 2. The summed E-state index contributed by atoms with van der Waals surface area (Å²) in [5, 5.41) is 0. The monoisotopic (exact) mass is 315 g/mol. The normalized spacial score (nSPS) is 11.0. The van der Waals surface area contributed by atoms with Crippen LogP contribution in [0, 0.1) is 12.8 Å². The number of aryl methyl sites for hydroxylation is 1. The average Bonchev–Trinajstić information content (AvgIpc) is 2.69. The Morgan fingerprint density at radius 2 is 2.00 bits per heavy atom. The Morgan fingerprint density at radius 3 is 2.39 bits per heavy atom. The molecule has 0 N–H and O–H groups in total. The zero-order valence-electron chi connectivity index (χ0n) is 11.6. The fraction of sp³-hybridized carbons (Fsp3) is 0.643. The third-order valence-electron chi connectivity index (χ3n) is 3.38. The number of rotatable bonds is 6. The first-order valence-electron chi connectivity index (χ1n) is 6.58. The fourth-order valence-electron chi connectivity index (χ4n) is 2.01. The van der Waals surface area contributed by atoms with E-state index in [-0.39, 0.29) is 5.91 Å². The van der Waals surface area contributed by atoms with Gasteiger partial charge in [0.15, 0.2) is 10.4 Å². The number of furan rings is 1. The van der Waals surface area contributed by atoms with Gasteiger partial charge in [-0.05, 0) is 41.8 Å². The van der Waals surface area contributed by atoms with Crippen LogP contribution in [0.1, 0.15) is 49.7 Å². The number of carbonyl (C=O) groups is 1. The lowest BCUT2D eigenvalue weighted by molar-refractivity contribution is 0.0700. The maximum atomic E-state index is 12.4. The summed E-state index contributed by atoms with van der Waals surface area (Å²) in [6, 6.07) is 1.83. The number of amides is 1. The third-order valence-corrected chi connectivity index (χ3v) is 3.77. The first kappa shape index (κ1) is 15.3. The molecule has 1 rings (SSSR count). The molecule has 102 valence electrons. The molecule has 0 fully saturated rings. The van der Waals surface area contributed by atoms with Crippen molar-refractivity contribution in [2.75, 3.05) is 13.1 Å². The Kier molecular flexibility index (Phi) is 5.93. The lowest BCUT2D eigenvalue weighted by Gasteiger charge is -2.24. The van der Waals surface area contributed by atoms with Crippen molar-refractivity contribution in [3.63, 3.8) is 0 Å². The van der Waals surface area contributed by atoms with Crippen LogP contribution in [0.15, 0.2) is 15.2 Å². The second kappa shape index (κ2) is 6.98. The van der Waals surface area contributed by atoms with Crippen LogP contribution in [-0.4, -0.2) is 23.9 Å². The molecule has 1 heterocycles. The SMILES string of the molecule is CCC(CC)CN(CC)C(=O)c1oc(Br)cc1C. The molecule has 18 heavy (non-hydrogen) atoms. The molecule has 0 aliphatic carbocycles. The van der Waals surface area contributed by atoms with Crippen molar-refractivity contribution in [3.8, 4) is 0 Å². The molecule has 4 heteroatoms. The van der Waals surface area contributed by atoms with Crippen molar-refractivity contribution in [2.24, 2.45) is 5.92 Å². The zero-order chi connectivity index (χ0) is 13.7. The van der Waals surface area contributed by atoms with Crippen molar-refractivity contribution in [2.45, 2.75) is 40.5 Å². The lowest BCUT2D eigenvalue weighted by atomic mass is 10.0. The molecule has 0 atom stereocenters. The molecule has 0 aromatic carbocycles. The van der Waals surface area contributed by atoms with Crippen molar-refractivity contribution in [1.29, 1.82) is 0 Å². The molecule has 0 unspecified atom stereocenters. The van der Waals surface area contributed by atoms with Gasteiger partial charge in [-0.15, -0.1) is 0 Å². The zero-order valence-corrected chi connectivity index (χ0v) is 13.2. The van der Waals surface area contributed by atoms with Gasteiger partial charge in [0.25, 0.3) is 5.91 Å². The summed E-state index contributed by atoms with van der Waals surface area (Å²) in [6.45, 7) is 9.76. The van der Waals surface area contributed by atoms with Crippen molar-refractivity contribution >= 4 is 21.8 Å². The first-order chi connectivity index (χ1) is 8.53. The molecule has 0 bridgehead atoms. The minimum Gasteiger partial charge on any atom is -0.444 e. The van der Waals surface area contributed by atoms with E-state index in [1.54, 1.807) is 0 Å². The molecule has 0 radical (unpaired) electrons. The van der Waals surface area contributed by atoms with Gasteiger partial charge in [-0.25, -0.2) is 0 Å². The fourth-order valence-corrected chi connectivity index (χ4v) is 2.52. The van der Waals surface area contributed by atoms with E-state index in [9.17, 15) is 4.79 Å². The molecule has 1 amide bonds. The van der Waals surface area contributed by atoms with Gasteiger partial charge in [0, 0.05) is 18.7 Å². The van der Waals surface area contributed by atoms with E-state index < -0.39 is 0 Å². The smallest absolute Gasteiger partial charge is 0.289 e. The summed E-state index contributed by atoms with van der Waals surface area (Å²) in [4.78, 5) is 14.3. The van der Waals surface area contributed by atoms with E-state index in [0.29, 0.717) is 22.9 Å². The van der Waals surface area contributed by atoms with E-state index in [0.717, 1.165) is 24.9 Å². The van der Waals surface area contributed by atoms with Crippen LogP contribution in [0.25, 0.3) is 0 Å². The van der Waals surface area contributed by atoms with Gasteiger partial charge < -0.3 is 9.32 Å². The molecule has 0 aliphatic rings. The van der Waals surface area contributed by atoms with Crippen LogP contribution in [0.2, 0.25) is 0 Å². The molecule has 0 saturated carbocycles. The highest BCUT2D eigenvalue weighted by Crippen LogP contribution is 2.22. The molecular formula is C14H22BrNO2. The molecule has 0 aliphatic heterocycles. The van der Waals surface area contributed by atoms with Crippen molar-refractivity contribution in [3.05, 3.63) is 22.1 Å². The van der Waals surface area contributed by atoms with Gasteiger partial charge in [0.1, 0.15) is 0 Å². The average molecular weight is 316 g/mol. The Morgan fingerprint density at radius 1 is 1.39 bits per heavy atom. The second-order valence-electron chi connectivity index (χ2n) is 4.59. The standard InChI is InChI=1S/C14H22BrNO2/c1-5-11(6-2)9-16(7-3)14(17)13-10(4)8-12(15)18-13/h8,11H,5-7,9H2,1-4H3. The van der Waals surface area contributed by atoms with Crippen LogP contribution in [0.5, 0.6) is 0 Å². The van der Waals surface area contributed by atoms with Crippen LogP contribution in [0.3, 0.4) is 0 Å². The minimum absolute atomic E-state index is 0.00685. The summed E-state index contributed by atoms with van der Waals surface area (Å²) >= 11 is 3.26. The summed E-state index contributed by atoms with van der Waals surface area (Å²) in [5.74, 6) is 1.01. The van der Waals surface area contributed by atoms with Gasteiger partial charge in [-0.1, -0.05) is 26.7 Å². The third kappa shape index (κ3) is 3.61. The lowest BCUT2D eigenvalue weighted by Crippen LogP contribution is -2.35. The molecular weight excluding hydrogens is 294 g/mol. The van der Waals surface area contributed by atoms with Gasteiger partial charge in [0.2, 0.25) is 0 Å².